The molecule has 3 aromatic rings. The van der Waals surface area contributed by atoms with E-state index in [2.05, 4.69) is 32.7 Å². The highest BCUT2D eigenvalue weighted by atomic mass is 16.2. The normalized spacial score (nSPS) is 13.4. The summed E-state index contributed by atoms with van der Waals surface area (Å²) in [5.41, 5.74) is 4.98. The largest absolute Gasteiger partial charge is 0.362 e. The van der Waals surface area contributed by atoms with Crippen molar-refractivity contribution in [2.75, 3.05) is 23.3 Å². The molecule has 30 heavy (non-hydrogen) atoms. The van der Waals surface area contributed by atoms with Crippen molar-refractivity contribution in [1.29, 1.82) is 0 Å². The Bertz CT molecular complexity index is 1050. The minimum Gasteiger partial charge on any atom is -0.362 e. The van der Waals surface area contributed by atoms with Crippen LogP contribution in [0.2, 0.25) is 0 Å². The van der Waals surface area contributed by atoms with E-state index in [1.54, 1.807) is 12.3 Å². The smallest absolute Gasteiger partial charge is 0.313 e. The highest BCUT2D eigenvalue weighted by Crippen LogP contribution is 2.34. The molecule has 0 fully saturated rings. The van der Waals surface area contributed by atoms with Crippen LogP contribution < -0.4 is 15.5 Å². The highest BCUT2D eigenvalue weighted by Gasteiger charge is 2.28. The Labute approximate surface area is 175 Å². The number of pyridine rings is 1. The molecule has 1 atom stereocenters. The number of nitrogens with one attached hydrogen (secondary N) is 2. The fourth-order valence-electron chi connectivity index (χ4n) is 3.83. The van der Waals surface area contributed by atoms with Gasteiger partial charge in [-0.05, 0) is 48.2 Å². The monoisotopic (exact) mass is 400 g/mol. The minimum atomic E-state index is -0.670. The molecule has 0 saturated carbocycles. The number of fused-ring (bicyclic) bond motifs is 1. The van der Waals surface area contributed by atoms with Crippen molar-refractivity contribution in [2.45, 2.75) is 19.4 Å². The van der Waals surface area contributed by atoms with E-state index in [0.717, 1.165) is 29.8 Å². The number of hydrogen-bond donors (Lipinski definition) is 2. The Hall–Kier alpha value is -3.67. The van der Waals surface area contributed by atoms with Gasteiger partial charge in [-0.2, -0.15) is 0 Å². The van der Waals surface area contributed by atoms with Gasteiger partial charge in [0.05, 0.1) is 6.04 Å². The first-order valence-corrected chi connectivity index (χ1v) is 10.0. The van der Waals surface area contributed by atoms with Crippen LogP contribution in [0.5, 0.6) is 0 Å². The zero-order valence-electron chi connectivity index (χ0n) is 16.8. The zero-order chi connectivity index (χ0) is 20.9. The Kier molecular flexibility index (Phi) is 5.75. The predicted octanol–water partition coefficient (Wildman–Crippen LogP) is 3.25. The lowest BCUT2D eigenvalue weighted by Crippen LogP contribution is -2.41. The van der Waals surface area contributed by atoms with Gasteiger partial charge in [0.25, 0.3) is 0 Å². The molecule has 0 saturated heterocycles. The molecule has 1 aromatic heterocycles. The molecule has 6 heteroatoms. The van der Waals surface area contributed by atoms with Gasteiger partial charge in [0.2, 0.25) is 0 Å². The molecule has 1 aliphatic rings. The summed E-state index contributed by atoms with van der Waals surface area (Å²) >= 11 is 0. The molecule has 2 N–H and O–H groups in total. The van der Waals surface area contributed by atoms with Crippen molar-refractivity contribution in [1.82, 2.24) is 10.3 Å². The molecule has 2 aromatic carbocycles. The minimum absolute atomic E-state index is 0.113. The van der Waals surface area contributed by atoms with Crippen LogP contribution in [0.3, 0.4) is 0 Å². The third-order valence-corrected chi connectivity index (χ3v) is 5.42. The molecular formula is C24H24N4O2. The van der Waals surface area contributed by atoms with Crippen molar-refractivity contribution >= 4 is 23.2 Å². The number of amides is 2. The van der Waals surface area contributed by atoms with Crippen molar-refractivity contribution in [2.24, 2.45) is 0 Å². The molecule has 0 spiro atoms. The molecule has 0 radical (unpaired) electrons. The molecule has 0 bridgehead atoms. The van der Waals surface area contributed by atoms with Crippen molar-refractivity contribution < 1.29 is 9.59 Å². The predicted molar refractivity (Wildman–Crippen MR) is 117 cm³/mol. The number of para-hydroxylation sites is 2. The standard InChI is InChI=1S/C24H24N4O2/c1-17-7-2-4-10-20(17)27-24(30)23(29)26-16-22(19-9-6-13-25-15-19)28-14-12-18-8-3-5-11-21(18)28/h2-11,13,15,22H,12,14,16H2,1H3,(H,26,29)(H,27,30)/t22-/m1/s1. The summed E-state index contributed by atoms with van der Waals surface area (Å²) in [7, 11) is 0. The number of rotatable bonds is 5. The van der Waals surface area contributed by atoms with E-state index in [0.29, 0.717) is 12.2 Å². The molecule has 2 amide bonds. The lowest BCUT2D eigenvalue weighted by molar-refractivity contribution is -0.136. The number of carbonyl (C=O) groups excluding carboxylic acids is 2. The van der Waals surface area contributed by atoms with Crippen LogP contribution >= 0.6 is 0 Å². The maximum atomic E-state index is 12.5. The Balaban J connectivity index is 1.48. The van der Waals surface area contributed by atoms with Gasteiger partial charge < -0.3 is 15.5 Å². The second-order valence-electron chi connectivity index (χ2n) is 7.35. The van der Waals surface area contributed by atoms with Gasteiger partial charge in [0.1, 0.15) is 0 Å². The summed E-state index contributed by atoms with van der Waals surface area (Å²) in [5, 5.41) is 5.49. The first-order valence-electron chi connectivity index (χ1n) is 10.0. The number of aromatic nitrogens is 1. The lowest BCUT2D eigenvalue weighted by Gasteiger charge is -2.30. The lowest BCUT2D eigenvalue weighted by atomic mass is 10.1. The van der Waals surface area contributed by atoms with Gasteiger partial charge in [-0.15, -0.1) is 0 Å². The average Bonchev–Trinajstić information content (AvgIpc) is 3.20. The van der Waals surface area contributed by atoms with Gasteiger partial charge in [-0.3, -0.25) is 14.6 Å². The van der Waals surface area contributed by atoms with Crippen LogP contribution in [0.15, 0.2) is 73.1 Å². The molecule has 2 heterocycles. The van der Waals surface area contributed by atoms with Crippen LogP contribution in [-0.2, 0) is 16.0 Å². The molecule has 152 valence electrons. The second kappa shape index (κ2) is 8.78. The molecule has 6 nitrogen and oxygen atoms in total. The quantitative estimate of drug-likeness (QED) is 0.645. The number of anilines is 2. The Morgan fingerprint density at radius 1 is 1.03 bits per heavy atom. The van der Waals surface area contributed by atoms with Gasteiger partial charge in [-0.1, -0.05) is 42.5 Å². The van der Waals surface area contributed by atoms with E-state index < -0.39 is 11.8 Å². The maximum absolute atomic E-state index is 12.5. The third-order valence-electron chi connectivity index (χ3n) is 5.42. The summed E-state index contributed by atoms with van der Waals surface area (Å²) < 4.78 is 0. The van der Waals surface area contributed by atoms with E-state index in [4.69, 9.17) is 0 Å². The van der Waals surface area contributed by atoms with Crippen molar-refractivity contribution in [3.63, 3.8) is 0 Å². The summed E-state index contributed by atoms with van der Waals surface area (Å²) in [4.78, 5) is 31.4. The van der Waals surface area contributed by atoms with Crippen LogP contribution in [0.25, 0.3) is 0 Å². The van der Waals surface area contributed by atoms with Gasteiger partial charge >= 0.3 is 11.8 Å². The number of nitrogens with zero attached hydrogens (tertiary/aromatic N) is 2. The van der Waals surface area contributed by atoms with Crippen molar-refractivity contribution in [3.05, 3.63) is 89.7 Å². The molecule has 0 unspecified atom stereocenters. The third kappa shape index (κ3) is 4.17. The van der Waals surface area contributed by atoms with Crippen LogP contribution in [0.4, 0.5) is 11.4 Å². The number of carbonyl (C=O) groups is 2. The average molecular weight is 400 g/mol. The Morgan fingerprint density at radius 3 is 2.63 bits per heavy atom. The molecular weight excluding hydrogens is 376 g/mol. The fourth-order valence-corrected chi connectivity index (χ4v) is 3.83. The maximum Gasteiger partial charge on any atom is 0.313 e. The molecule has 1 aliphatic heterocycles. The number of benzene rings is 2. The first kappa shape index (κ1) is 19.6. The van der Waals surface area contributed by atoms with Gasteiger partial charge in [-0.25, -0.2) is 0 Å². The van der Waals surface area contributed by atoms with Crippen LogP contribution in [0.1, 0.15) is 22.7 Å². The van der Waals surface area contributed by atoms with Gasteiger partial charge in [0, 0.05) is 36.9 Å². The summed E-state index contributed by atoms with van der Waals surface area (Å²) in [6, 6.07) is 19.4. The van der Waals surface area contributed by atoms with E-state index in [1.165, 1.54) is 5.56 Å². The Morgan fingerprint density at radius 2 is 1.83 bits per heavy atom. The number of aryl methyl sites for hydroxylation is 1. The first-order chi connectivity index (χ1) is 14.6. The van der Waals surface area contributed by atoms with E-state index in [1.807, 2.05) is 55.6 Å². The SMILES string of the molecule is Cc1ccccc1NC(=O)C(=O)NC[C@H](c1cccnc1)N1CCc2ccccc21. The van der Waals surface area contributed by atoms with E-state index in [-0.39, 0.29) is 6.04 Å². The number of hydrogen-bond acceptors (Lipinski definition) is 4. The van der Waals surface area contributed by atoms with Gasteiger partial charge in [0.15, 0.2) is 0 Å². The molecule has 4 rings (SSSR count). The summed E-state index contributed by atoms with van der Waals surface area (Å²) in [6.45, 7) is 3.04. The van der Waals surface area contributed by atoms with Crippen LogP contribution in [-0.4, -0.2) is 29.9 Å². The van der Waals surface area contributed by atoms with E-state index in [9.17, 15) is 9.59 Å². The fraction of sp³-hybridized carbons (Fsp3) is 0.208. The van der Waals surface area contributed by atoms with Crippen LogP contribution in [0, 0.1) is 6.92 Å². The van der Waals surface area contributed by atoms with E-state index >= 15 is 0 Å². The molecule has 0 aliphatic carbocycles. The van der Waals surface area contributed by atoms with Crippen molar-refractivity contribution in [3.8, 4) is 0 Å². The highest BCUT2D eigenvalue weighted by molar-refractivity contribution is 6.39. The summed E-state index contributed by atoms with van der Waals surface area (Å²) in [5.74, 6) is -1.32. The topological polar surface area (TPSA) is 74.3 Å². The second-order valence-corrected chi connectivity index (χ2v) is 7.35. The summed E-state index contributed by atoms with van der Waals surface area (Å²) in [6.07, 6.45) is 4.49. The zero-order valence-corrected chi connectivity index (χ0v) is 16.8.